The second-order valence-corrected chi connectivity index (χ2v) is 7.71. The average molecular weight is 348 g/mol. The Morgan fingerprint density at radius 2 is 1.92 bits per heavy atom. The molecule has 0 saturated carbocycles. The monoisotopic (exact) mass is 347 g/mol. The molecular weight excluding hydrogens is 326 g/mol. The molecule has 24 heavy (non-hydrogen) atoms. The normalized spacial score (nSPS) is 26.2. The lowest BCUT2D eigenvalue weighted by Gasteiger charge is -2.49. The van der Waals surface area contributed by atoms with Crippen LogP contribution in [0.3, 0.4) is 0 Å². The molecule has 1 atom stereocenters. The summed E-state index contributed by atoms with van der Waals surface area (Å²) < 4.78 is 0. The highest BCUT2D eigenvalue weighted by Crippen LogP contribution is 2.38. The van der Waals surface area contributed by atoms with Crippen LogP contribution in [0, 0.1) is 5.41 Å². The number of nitrogens with one attached hydrogen (secondary N) is 2. The van der Waals surface area contributed by atoms with E-state index < -0.39 is 0 Å². The van der Waals surface area contributed by atoms with Crippen molar-refractivity contribution in [1.29, 1.82) is 0 Å². The van der Waals surface area contributed by atoms with Crippen molar-refractivity contribution in [3.05, 3.63) is 28.8 Å². The van der Waals surface area contributed by atoms with E-state index in [0.717, 1.165) is 37.4 Å². The summed E-state index contributed by atoms with van der Waals surface area (Å²) in [6, 6.07) is 5.98. The first-order valence-electron chi connectivity index (χ1n) is 8.65. The summed E-state index contributed by atoms with van der Waals surface area (Å²) in [4.78, 5) is 25.7. The molecule has 3 aliphatic rings. The quantitative estimate of drug-likeness (QED) is 0.804. The second-order valence-electron chi connectivity index (χ2n) is 7.30. The molecular formula is C18H22ClN3O2. The van der Waals surface area contributed by atoms with Crippen molar-refractivity contribution in [3.8, 4) is 0 Å². The number of hydrogen-bond acceptors (Lipinski definition) is 4. The van der Waals surface area contributed by atoms with Crippen molar-refractivity contribution in [3.63, 3.8) is 0 Å². The Kier molecular flexibility index (Phi) is 4.01. The number of imide groups is 1. The predicted molar refractivity (Wildman–Crippen MR) is 93.3 cm³/mol. The Bertz CT molecular complexity index is 677. The number of rotatable bonds is 2. The molecule has 0 radical (unpaired) electrons. The van der Waals surface area contributed by atoms with Gasteiger partial charge in [0.05, 0.1) is 5.92 Å². The molecule has 128 valence electrons. The molecule has 6 heteroatoms. The van der Waals surface area contributed by atoms with Gasteiger partial charge in [-0.3, -0.25) is 14.9 Å². The van der Waals surface area contributed by atoms with Crippen molar-refractivity contribution >= 4 is 29.1 Å². The molecule has 3 aliphatic heterocycles. The van der Waals surface area contributed by atoms with Crippen LogP contribution in [0.4, 0.5) is 5.69 Å². The maximum Gasteiger partial charge on any atom is 0.234 e. The molecule has 0 aromatic heterocycles. The number of nitrogens with zero attached hydrogens (tertiary/aromatic N) is 1. The molecule has 5 nitrogen and oxygen atoms in total. The standard InChI is InChI=1S/C18H22ClN3O2/c19-15-9-12(22-7-5-18(6-8-22)10-20-11-18)1-2-13(15)14-3-4-16(23)21-17(14)24/h1-2,9,14,20H,3-8,10-11H2,(H,21,23,24). The van der Waals surface area contributed by atoms with Gasteiger partial charge < -0.3 is 10.2 Å². The number of amides is 2. The highest BCUT2D eigenvalue weighted by atomic mass is 35.5. The molecule has 4 rings (SSSR count). The van der Waals surface area contributed by atoms with Gasteiger partial charge in [-0.05, 0) is 42.4 Å². The van der Waals surface area contributed by atoms with Gasteiger partial charge in [-0.1, -0.05) is 17.7 Å². The fourth-order valence-corrected chi connectivity index (χ4v) is 4.36. The van der Waals surface area contributed by atoms with Gasteiger partial charge in [-0.25, -0.2) is 0 Å². The van der Waals surface area contributed by atoms with Gasteiger partial charge in [-0.2, -0.15) is 0 Å². The Morgan fingerprint density at radius 3 is 2.50 bits per heavy atom. The Balaban J connectivity index is 1.48. The van der Waals surface area contributed by atoms with E-state index in [1.54, 1.807) is 0 Å². The molecule has 1 aromatic carbocycles. The number of hydrogen-bond donors (Lipinski definition) is 2. The van der Waals surface area contributed by atoms with Gasteiger partial charge >= 0.3 is 0 Å². The zero-order chi connectivity index (χ0) is 16.7. The summed E-state index contributed by atoms with van der Waals surface area (Å²) in [5.41, 5.74) is 2.47. The minimum Gasteiger partial charge on any atom is -0.371 e. The van der Waals surface area contributed by atoms with Crippen LogP contribution in [0.1, 0.15) is 37.2 Å². The van der Waals surface area contributed by atoms with E-state index >= 15 is 0 Å². The van der Waals surface area contributed by atoms with E-state index in [1.165, 1.54) is 12.8 Å². The molecule has 3 fully saturated rings. The number of anilines is 1. The van der Waals surface area contributed by atoms with Crippen molar-refractivity contribution in [2.75, 3.05) is 31.1 Å². The van der Waals surface area contributed by atoms with E-state index in [4.69, 9.17) is 11.6 Å². The largest absolute Gasteiger partial charge is 0.371 e. The smallest absolute Gasteiger partial charge is 0.234 e. The van der Waals surface area contributed by atoms with Crippen molar-refractivity contribution in [2.45, 2.75) is 31.6 Å². The van der Waals surface area contributed by atoms with Crippen molar-refractivity contribution in [2.24, 2.45) is 5.41 Å². The first-order valence-corrected chi connectivity index (χ1v) is 9.03. The predicted octanol–water partition coefficient (Wildman–Crippen LogP) is 2.05. The zero-order valence-electron chi connectivity index (χ0n) is 13.6. The van der Waals surface area contributed by atoms with E-state index in [9.17, 15) is 9.59 Å². The van der Waals surface area contributed by atoms with Gasteiger partial charge in [0.15, 0.2) is 0 Å². The molecule has 1 spiro atoms. The van der Waals surface area contributed by atoms with Crippen molar-refractivity contribution in [1.82, 2.24) is 10.6 Å². The van der Waals surface area contributed by atoms with E-state index in [0.29, 0.717) is 23.3 Å². The van der Waals surface area contributed by atoms with E-state index in [2.05, 4.69) is 21.6 Å². The van der Waals surface area contributed by atoms with Gasteiger partial charge in [0.2, 0.25) is 11.8 Å². The minimum absolute atomic E-state index is 0.197. The van der Waals surface area contributed by atoms with Crippen LogP contribution in [0.2, 0.25) is 5.02 Å². The molecule has 1 aromatic rings. The Morgan fingerprint density at radius 1 is 1.17 bits per heavy atom. The van der Waals surface area contributed by atoms with E-state index in [-0.39, 0.29) is 17.7 Å². The lowest BCUT2D eigenvalue weighted by atomic mass is 9.73. The zero-order valence-corrected chi connectivity index (χ0v) is 14.4. The molecule has 3 saturated heterocycles. The second kappa shape index (κ2) is 6.05. The number of benzene rings is 1. The third kappa shape index (κ3) is 2.80. The van der Waals surface area contributed by atoms with Crippen molar-refractivity contribution < 1.29 is 9.59 Å². The Labute approximate surface area is 146 Å². The first kappa shape index (κ1) is 15.9. The number of halogens is 1. The fraction of sp³-hybridized carbons (Fsp3) is 0.556. The third-order valence-corrected chi connectivity index (χ3v) is 6.12. The average Bonchev–Trinajstić information content (AvgIpc) is 2.54. The highest BCUT2D eigenvalue weighted by molar-refractivity contribution is 6.32. The summed E-state index contributed by atoms with van der Waals surface area (Å²) in [6.07, 6.45) is 3.33. The van der Waals surface area contributed by atoms with Gasteiger partial charge in [0, 0.05) is 43.3 Å². The highest BCUT2D eigenvalue weighted by Gasteiger charge is 2.39. The molecule has 3 heterocycles. The summed E-state index contributed by atoms with van der Waals surface area (Å²) in [5.74, 6) is -0.759. The molecule has 0 bridgehead atoms. The lowest BCUT2D eigenvalue weighted by Crippen LogP contribution is -2.58. The number of carbonyl (C=O) groups excluding carboxylic acids is 2. The van der Waals surface area contributed by atoms with Gasteiger partial charge in [0.25, 0.3) is 0 Å². The van der Waals surface area contributed by atoms with E-state index in [1.807, 2.05) is 12.1 Å². The third-order valence-electron chi connectivity index (χ3n) is 5.79. The number of piperidine rings is 2. The van der Waals surface area contributed by atoms with Crippen LogP contribution in [-0.4, -0.2) is 38.0 Å². The molecule has 2 amide bonds. The van der Waals surface area contributed by atoms with Crippen LogP contribution in [0.25, 0.3) is 0 Å². The molecule has 0 aliphatic carbocycles. The SMILES string of the molecule is O=C1CCC(c2ccc(N3CCC4(CC3)CNC4)cc2Cl)C(=O)N1. The minimum atomic E-state index is -0.324. The van der Waals surface area contributed by atoms with Crippen LogP contribution in [0.15, 0.2) is 18.2 Å². The Hall–Kier alpha value is -1.59. The maximum atomic E-state index is 12.0. The lowest BCUT2D eigenvalue weighted by molar-refractivity contribution is -0.134. The van der Waals surface area contributed by atoms with Gasteiger partial charge in [0.1, 0.15) is 0 Å². The fourth-order valence-electron chi connectivity index (χ4n) is 4.06. The van der Waals surface area contributed by atoms with Crippen LogP contribution in [-0.2, 0) is 9.59 Å². The number of carbonyl (C=O) groups is 2. The van der Waals surface area contributed by atoms with Gasteiger partial charge in [-0.15, -0.1) is 0 Å². The topological polar surface area (TPSA) is 61.4 Å². The molecule has 2 N–H and O–H groups in total. The molecule has 1 unspecified atom stereocenters. The summed E-state index contributed by atoms with van der Waals surface area (Å²) in [7, 11) is 0. The first-order chi connectivity index (χ1) is 11.6. The summed E-state index contributed by atoms with van der Waals surface area (Å²) >= 11 is 6.48. The summed E-state index contributed by atoms with van der Waals surface area (Å²) in [5, 5.41) is 6.41. The van der Waals surface area contributed by atoms with Crippen LogP contribution in [0.5, 0.6) is 0 Å². The maximum absolute atomic E-state index is 12.0. The van der Waals surface area contributed by atoms with Crippen LogP contribution < -0.4 is 15.5 Å². The van der Waals surface area contributed by atoms with Crippen LogP contribution >= 0.6 is 11.6 Å². The summed E-state index contributed by atoms with van der Waals surface area (Å²) in [6.45, 7) is 4.40.